The Morgan fingerprint density at radius 2 is 1.88 bits per heavy atom. The largest absolute Gasteiger partial charge is 0.444 e. The third-order valence-corrected chi connectivity index (χ3v) is 5.19. The Morgan fingerprint density at radius 3 is 2.42 bits per heavy atom. The minimum atomic E-state index is -0.675. The highest BCUT2D eigenvalue weighted by molar-refractivity contribution is 5.65. The number of hydrogen-bond donors (Lipinski definition) is 1. The van der Waals surface area contributed by atoms with Gasteiger partial charge in [0.25, 0.3) is 0 Å². The van der Waals surface area contributed by atoms with Crippen LogP contribution in [0, 0.1) is 11.8 Å². The molecule has 1 heterocycles. The van der Waals surface area contributed by atoms with Crippen LogP contribution in [0.2, 0.25) is 0 Å². The van der Waals surface area contributed by atoms with Crippen LogP contribution in [0.25, 0.3) is 0 Å². The van der Waals surface area contributed by atoms with Gasteiger partial charge in [-0.15, -0.1) is 0 Å². The van der Waals surface area contributed by atoms with Crippen molar-refractivity contribution in [1.29, 1.82) is 0 Å². The van der Waals surface area contributed by atoms with E-state index in [0.717, 1.165) is 25.8 Å². The second-order valence-electron chi connectivity index (χ2n) is 7.79. The summed E-state index contributed by atoms with van der Waals surface area (Å²) in [5.74, 6) is 1.32. The Hall–Kier alpha value is -1.52. The highest BCUT2D eigenvalue weighted by atomic mass is 16.6. The maximum atomic E-state index is 11.0. The molecule has 136 valence electrons. The van der Waals surface area contributed by atoms with E-state index in [1.54, 1.807) is 0 Å². The van der Waals surface area contributed by atoms with E-state index < -0.39 is 11.7 Å². The number of primary amides is 1. The molecule has 0 radical (unpaired) electrons. The van der Waals surface area contributed by atoms with E-state index >= 15 is 0 Å². The van der Waals surface area contributed by atoms with Crippen LogP contribution in [0.5, 0.6) is 0 Å². The maximum absolute atomic E-state index is 11.0. The summed E-state index contributed by atoms with van der Waals surface area (Å²) in [6, 6.07) is 2.25. The van der Waals surface area contributed by atoms with Crippen LogP contribution in [-0.4, -0.2) is 21.5 Å². The molecule has 0 bridgehead atoms. The zero-order valence-corrected chi connectivity index (χ0v) is 15.7. The van der Waals surface area contributed by atoms with Crippen LogP contribution >= 0.6 is 0 Å². The number of amides is 1. The van der Waals surface area contributed by atoms with Crippen molar-refractivity contribution in [3.63, 3.8) is 0 Å². The SMILES string of the molecule is CCc1cc(CC)n(C[C@H]2CC[C@H](CC(C)(C)OC(N)=O)CC2)n1. The number of rotatable bonds is 7. The molecule has 1 amide bonds. The topological polar surface area (TPSA) is 70.1 Å². The standard InChI is InChI=1S/C19H33N3O2/c1-5-16-11-17(6-2)22(21-16)13-15-9-7-14(8-10-15)12-19(3,4)24-18(20)23/h11,14-15H,5-10,12-13H2,1-4H3,(H2,20,23)/t14-,15-. The van der Waals surface area contributed by atoms with Gasteiger partial charge in [0.15, 0.2) is 0 Å². The van der Waals surface area contributed by atoms with E-state index in [2.05, 4.69) is 24.6 Å². The minimum Gasteiger partial charge on any atom is -0.444 e. The van der Waals surface area contributed by atoms with E-state index in [9.17, 15) is 4.79 Å². The monoisotopic (exact) mass is 335 g/mol. The number of ether oxygens (including phenoxy) is 1. The summed E-state index contributed by atoms with van der Waals surface area (Å²) in [6.45, 7) is 9.30. The lowest BCUT2D eigenvalue weighted by atomic mass is 9.77. The Kier molecular flexibility index (Phi) is 6.30. The molecule has 2 N–H and O–H groups in total. The normalized spacial score (nSPS) is 21.7. The summed E-state index contributed by atoms with van der Waals surface area (Å²) in [5.41, 5.74) is 7.25. The van der Waals surface area contributed by atoms with E-state index in [4.69, 9.17) is 15.6 Å². The van der Waals surface area contributed by atoms with Crippen molar-refractivity contribution in [3.8, 4) is 0 Å². The Balaban J connectivity index is 1.85. The molecule has 1 saturated carbocycles. The van der Waals surface area contributed by atoms with Crippen molar-refractivity contribution in [3.05, 3.63) is 17.5 Å². The maximum Gasteiger partial charge on any atom is 0.405 e. The van der Waals surface area contributed by atoms with Crippen molar-refractivity contribution in [2.45, 2.75) is 84.8 Å². The summed E-state index contributed by atoms with van der Waals surface area (Å²) in [7, 11) is 0. The van der Waals surface area contributed by atoms with Gasteiger partial charge >= 0.3 is 6.09 Å². The highest BCUT2D eigenvalue weighted by Crippen LogP contribution is 2.35. The zero-order chi connectivity index (χ0) is 17.7. The molecule has 24 heavy (non-hydrogen) atoms. The molecule has 0 unspecified atom stereocenters. The fourth-order valence-electron chi connectivity index (χ4n) is 4.00. The van der Waals surface area contributed by atoms with E-state index in [0.29, 0.717) is 11.8 Å². The summed E-state index contributed by atoms with van der Waals surface area (Å²) >= 11 is 0. The fraction of sp³-hybridized carbons (Fsp3) is 0.789. The first-order chi connectivity index (χ1) is 11.3. The van der Waals surface area contributed by atoms with Gasteiger partial charge in [-0.2, -0.15) is 5.10 Å². The van der Waals surface area contributed by atoms with Gasteiger partial charge in [0.1, 0.15) is 5.60 Å². The average Bonchev–Trinajstić information content (AvgIpc) is 2.89. The van der Waals surface area contributed by atoms with Gasteiger partial charge in [-0.05, 0) is 76.7 Å². The molecular formula is C19H33N3O2. The second-order valence-corrected chi connectivity index (χ2v) is 7.79. The van der Waals surface area contributed by atoms with Gasteiger partial charge in [-0.1, -0.05) is 13.8 Å². The number of carbonyl (C=O) groups excluding carboxylic acids is 1. The van der Waals surface area contributed by atoms with Crippen molar-refractivity contribution in [2.24, 2.45) is 17.6 Å². The third-order valence-electron chi connectivity index (χ3n) is 5.19. The molecule has 0 atom stereocenters. The summed E-state index contributed by atoms with van der Waals surface area (Å²) in [6.07, 6.45) is 7.10. The predicted molar refractivity (Wildman–Crippen MR) is 95.8 cm³/mol. The first-order valence-corrected chi connectivity index (χ1v) is 9.37. The molecule has 1 aromatic heterocycles. The summed E-state index contributed by atoms with van der Waals surface area (Å²) < 4.78 is 7.46. The van der Waals surface area contributed by atoms with Crippen LogP contribution in [0.3, 0.4) is 0 Å². The van der Waals surface area contributed by atoms with Gasteiger partial charge in [-0.3, -0.25) is 4.68 Å². The number of hydrogen-bond acceptors (Lipinski definition) is 3. The third kappa shape index (κ3) is 5.25. The first kappa shape index (κ1) is 18.8. The molecular weight excluding hydrogens is 302 g/mol. The predicted octanol–water partition coefficient (Wildman–Crippen LogP) is 4.08. The number of nitrogens with two attached hydrogens (primary N) is 1. The van der Waals surface area contributed by atoms with Crippen LogP contribution in [0.4, 0.5) is 4.79 Å². The Morgan fingerprint density at radius 1 is 1.25 bits per heavy atom. The molecule has 1 aliphatic carbocycles. The quantitative estimate of drug-likeness (QED) is 0.816. The summed E-state index contributed by atoms with van der Waals surface area (Å²) in [5, 5.41) is 4.75. The summed E-state index contributed by atoms with van der Waals surface area (Å²) in [4.78, 5) is 11.0. The molecule has 5 nitrogen and oxygen atoms in total. The number of aromatic nitrogens is 2. The highest BCUT2D eigenvalue weighted by Gasteiger charge is 2.30. The molecule has 2 rings (SSSR count). The van der Waals surface area contributed by atoms with Gasteiger partial charge < -0.3 is 10.5 Å². The van der Waals surface area contributed by atoms with Crippen molar-refractivity contribution >= 4 is 6.09 Å². The van der Waals surface area contributed by atoms with Crippen molar-refractivity contribution in [2.75, 3.05) is 0 Å². The van der Waals surface area contributed by atoms with Crippen LogP contribution in [-0.2, 0) is 24.1 Å². The lowest BCUT2D eigenvalue weighted by Crippen LogP contribution is -2.34. The molecule has 0 spiro atoms. The molecule has 1 fully saturated rings. The van der Waals surface area contributed by atoms with Gasteiger partial charge in [0.2, 0.25) is 0 Å². The Bertz CT molecular complexity index is 543. The van der Waals surface area contributed by atoms with Gasteiger partial charge in [-0.25, -0.2) is 4.79 Å². The Labute approximate surface area is 145 Å². The average molecular weight is 335 g/mol. The van der Waals surface area contributed by atoms with Crippen LogP contribution in [0.15, 0.2) is 6.07 Å². The lowest BCUT2D eigenvalue weighted by Gasteiger charge is -2.34. The van der Waals surface area contributed by atoms with E-state index in [1.807, 2.05) is 13.8 Å². The van der Waals surface area contributed by atoms with Crippen LogP contribution in [0.1, 0.15) is 71.2 Å². The molecule has 1 aromatic rings. The van der Waals surface area contributed by atoms with Crippen molar-refractivity contribution in [1.82, 2.24) is 9.78 Å². The molecule has 0 saturated heterocycles. The zero-order valence-electron chi connectivity index (χ0n) is 15.7. The second kappa shape index (κ2) is 8.04. The number of carbonyl (C=O) groups is 1. The number of nitrogens with zero attached hydrogens (tertiary/aromatic N) is 2. The molecule has 0 aromatic carbocycles. The smallest absolute Gasteiger partial charge is 0.405 e. The lowest BCUT2D eigenvalue weighted by molar-refractivity contribution is 0.0192. The molecule has 5 heteroatoms. The van der Waals surface area contributed by atoms with E-state index in [-0.39, 0.29) is 0 Å². The fourth-order valence-corrected chi connectivity index (χ4v) is 4.00. The van der Waals surface area contributed by atoms with Crippen LogP contribution < -0.4 is 5.73 Å². The van der Waals surface area contributed by atoms with Gasteiger partial charge in [0, 0.05) is 12.2 Å². The van der Waals surface area contributed by atoms with E-state index in [1.165, 1.54) is 37.1 Å². The minimum absolute atomic E-state index is 0.462. The molecule has 1 aliphatic rings. The number of aryl methyl sites for hydroxylation is 2. The molecule has 0 aliphatic heterocycles. The first-order valence-electron chi connectivity index (χ1n) is 9.37. The van der Waals surface area contributed by atoms with Gasteiger partial charge in [0.05, 0.1) is 5.69 Å². The van der Waals surface area contributed by atoms with Crippen molar-refractivity contribution < 1.29 is 9.53 Å².